The predicted molar refractivity (Wildman–Crippen MR) is 72.1 cm³/mol. The van der Waals surface area contributed by atoms with Crippen molar-refractivity contribution in [3.05, 3.63) is 0 Å². The second-order valence-electron chi connectivity index (χ2n) is 5.95. The van der Waals surface area contributed by atoms with Crippen LogP contribution in [-0.2, 0) is 15.3 Å². The molecule has 0 spiro atoms. The van der Waals surface area contributed by atoms with Crippen LogP contribution in [0.4, 0.5) is 0 Å². The molecular weight excluding hydrogens is 232 g/mol. The van der Waals surface area contributed by atoms with Crippen LogP contribution in [0.25, 0.3) is 0 Å². The average Bonchev–Trinajstić information content (AvgIpc) is 2.33. The van der Waals surface area contributed by atoms with E-state index in [4.69, 9.17) is 4.18 Å². The maximum Gasteiger partial charge on any atom is 0.155 e. The van der Waals surface area contributed by atoms with Crippen molar-refractivity contribution in [3.8, 4) is 0 Å². The molecule has 0 heterocycles. The summed E-state index contributed by atoms with van der Waals surface area (Å²) in [5.74, 6) is 2.28. The molecule has 2 aliphatic carbocycles. The summed E-state index contributed by atoms with van der Waals surface area (Å²) >= 11 is -1.03. The largest absolute Gasteiger partial charge is 0.287 e. The van der Waals surface area contributed by atoms with Crippen LogP contribution in [0.15, 0.2) is 0 Å². The number of hydrogen-bond acceptors (Lipinski definition) is 2. The third-order valence-corrected chi connectivity index (χ3v) is 5.53. The zero-order valence-electron chi connectivity index (χ0n) is 11.0. The molecule has 100 valence electrons. The van der Waals surface area contributed by atoms with E-state index in [1.54, 1.807) is 0 Å². The molecule has 0 aromatic carbocycles. The summed E-state index contributed by atoms with van der Waals surface area (Å²) in [5.41, 5.74) is 0. The van der Waals surface area contributed by atoms with Gasteiger partial charge in [-0.05, 0) is 50.4 Å². The van der Waals surface area contributed by atoms with Gasteiger partial charge in [0.25, 0.3) is 0 Å². The molecule has 3 heteroatoms. The zero-order chi connectivity index (χ0) is 12.1. The highest BCUT2D eigenvalue weighted by Gasteiger charge is 2.23. The molecular formula is C14H26O2S. The Hall–Kier alpha value is 0.110. The van der Waals surface area contributed by atoms with Crippen LogP contribution in [0.1, 0.15) is 64.7 Å². The van der Waals surface area contributed by atoms with E-state index in [-0.39, 0.29) is 6.10 Å². The van der Waals surface area contributed by atoms with Crippen molar-refractivity contribution in [2.24, 2.45) is 11.8 Å². The molecule has 0 aromatic rings. The van der Waals surface area contributed by atoms with Gasteiger partial charge in [-0.2, -0.15) is 0 Å². The molecule has 2 nitrogen and oxygen atoms in total. The summed E-state index contributed by atoms with van der Waals surface area (Å²) in [6, 6.07) is 0. The first-order chi connectivity index (χ1) is 8.24. The van der Waals surface area contributed by atoms with Gasteiger partial charge in [-0.3, -0.25) is 4.18 Å². The van der Waals surface area contributed by atoms with Gasteiger partial charge in [0.2, 0.25) is 0 Å². The Labute approximate surface area is 108 Å². The molecule has 1 unspecified atom stereocenters. The van der Waals surface area contributed by atoms with E-state index in [0.717, 1.165) is 24.5 Å². The summed E-state index contributed by atoms with van der Waals surface area (Å²) in [5, 5.41) is 0. The Morgan fingerprint density at radius 3 is 2.29 bits per heavy atom. The minimum Gasteiger partial charge on any atom is -0.287 e. The van der Waals surface area contributed by atoms with Crippen LogP contribution in [0.5, 0.6) is 0 Å². The van der Waals surface area contributed by atoms with E-state index in [2.05, 4.69) is 6.92 Å². The highest BCUT2D eigenvalue weighted by atomic mass is 32.2. The van der Waals surface area contributed by atoms with Crippen molar-refractivity contribution in [1.29, 1.82) is 0 Å². The summed E-state index contributed by atoms with van der Waals surface area (Å²) in [7, 11) is 0. The van der Waals surface area contributed by atoms with Crippen molar-refractivity contribution in [2.45, 2.75) is 70.8 Å². The van der Waals surface area contributed by atoms with Crippen LogP contribution in [0.3, 0.4) is 0 Å². The predicted octanol–water partition coefficient (Wildman–Crippen LogP) is 3.83. The van der Waals surface area contributed by atoms with Gasteiger partial charge < -0.3 is 0 Å². The van der Waals surface area contributed by atoms with Gasteiger partial charge >= 0.3 is 0 Å². The molecule has 2 aliphatic rings. The lowest BCUT2D eigenvalue weighted by Crippen LogP contribution is -2.24. The van der Waals surface area contributed by atoms with E-state index in [1.807, 2.05) is 0 Å². The SMILES string of the molecule is CC1CCC(OS(=O)CC2CCCCC2)CC1. The summed E-state index contributed by atoms with van der Waals surface area (Å²) in [6.07, 6.45) is 11.5. The lowest BCUT2D eigenvalue weighted by molar-refractivity contribution is 0.150. The molecule has 0 bridgehead atoms. The second-order valence-corrected chi connectivity index (χ2v) is 7.09. The molecule has 2 fully saturated rings. The van der Waals surface area contributed by atoms with E-state index in [1.165, 1.54) is 44.9 Å². The summed E-state index contributed by atoms with van der Waals surface area (Å²) in [6.45, 7) is 2.30. The van der Waals surface area contributed by atoms with Crippen molar-refractivity contribution >= 4 is 11.1 Å². The van der Waals surface area contributed by atoms with Crippen LogP contribution >= 0.6 is 0 Å². The maximum atomic E-state index is 11.9. The molecule has 0 amide bonds. The minimum atomic E-state index is -1.03. The third kappa shape index (κ3) is 4.70. The Bertz CT molecular complexity index is 241. The molecule has 0 N–H and O–H groups in total. The smallest absolute Gasteiger partial charge is 0.155 e. The van der Waals surface area contributed by atoms with E-state index in [9.17, 15) is 4.21 Å². The number of rotatable bonds is 4. The normalized spacial score (nSPS) is 33.5. The lowest BCUT2D eigenvalue weighted by Gasteiger charge is -2.26. The molecule has 2 saturated carbocycles. The summed E-state index contributed by atoms with van der Waals surface area (Å²) in [4.78, 5) is 0. The highest BCUT2D eigenvalue weighted by molar-refractivity contribution is 7.80. The van der Waals surface area contributed by atoms with Crippen LogP contribution < -0.4 is 0 Å². The minimum absolute atomic E-state index is 0.274. The lowest BCUT2D eigenvalue weighted by atomic mass is 9.89. The first-order valence-corrected chi connectivity index (χ1v) is 8.54. The molecule has 0 radical (unpaired) electrons. The number of hydrogen-bond donors (Lipinski definition) is 0. The van der Waals surface area contributed by atoms with E-state index in [0.29, 0.717) is 5.92 Å². The average molecular weight is 258 g/mol. The monoisotopic (exact) mass is 258 g/mol. The van der Waals surface area contributed by atoms with Gasteiger partial charge in [-0.25, -0.2) is 4.21 Å². The Balaban J connectivity index is 1.66. The molecule has 0 saturated heterocycles. The summed E-state index contributed by atoms with van der Waals surface area (Å²) < 4.78 is 17.7. The van der Waals surface area contributed by atoms with Crippen molar-refractivity contribution in [2.75, 3.05) is 5.75 Å². The van der Waals surface area contributed by atoms with Crippen LogP contribution in [0, 0.1) is 11.8 Å². The van der Waals surface area contributed by atoms with Crippen molar-refractivity contribution in [3.63, 3.8) is 0 Å². The molecule has 1 atom stereocenters. The quantitative estimate of drug-likeness (QED) is 0.766. The fourth-order valence-corrected chi connectivity index (χ4v) is 4.36. The Morgan fingerprint density at radius 1 is 1.00 bits per heavy atom. The van der Waals surface area contributed by atoms with Crippen molar-refractivity contribution < 1.29 is 8.39 Å². The fraction of sp³-hybridized carbons (Fsp3) is 1.00. The Morgan fingerprint density at radius 2 is 1.65 bits per heavy atom. The molecule has 2 rings (SSSR count). The Kier molecular flexibility index (Phi) is 5.49. The van der Waals surface area contributed by atoms with Gasteiger partial charge in [0.15, 0.2) is 11.1 Å². The molecule has 0 aromatic heterocycles. The topological polar surface area (TPSA) is 26.3 Å². The van der Waals surface area contributed by atoms with Gasteiger partial charge in [-0.15, -0.1) is 0 Å². The fourth-order valence-electron chi connectivity index (χ4n) is 3.06. The van der Waals surface area contributed by atoms with Crippen LogP contribution in [-0.4, -0.2) is 16.1 Å². The molecule has 0 aliphatic heterocycles. The van der Waals surface area contributed by atoms with Crippen molar-refractivity contribution in [1.82, 2.24) is 0 Å². The molecule has 17 heavy (non-hydrogen) atoms. The zero-order valence-corrected chi connectivity index (χ0v) is 11.8. The van der Waals surface area contributed by atoms with Gasteiger partial charge in [-0.1, -0.05) is 26.2 Å². The van der Waals surface area contributed by atoms with Gasteiger partial charge in [0, 0.05) is 0 Å². The van der Waals surface area contributed by atoms with Gasteiger partial charge in [0.05, 0.1) is 11.9 Å². The first kappa shape index (κ1) is 13.5. The van der Waals surface area contributed by atoms with Crippen LogP contribution in [0.2, 0.25) is 0 Å². The standard InChI is InChI=1S/C14H26O2S/c1-12-7-9-14(10-8-12)16-17(15)11-13-5-3-2-4-6-13/h12-14H,2-11H2,1H3. The second kappa shape index (κ2) is 6.89. The highest BCUT2D eigenvalue weighted by Crippen LogP contribution is 2.28. The third-order valence-electron chi connectivity index (χ3n) is 4.30. The maximum absolute atomic E-state index is 11.9. The van der Waals surface area contributed by atoms with E-state index < -0.39 is 11.1 Å². The van der Waals surface area contributed by atoms with E-state index >= 15 is 0 Å². The first-order valence-electron chi connectivity index (χ1n) is 7.29. The van der Waals surface area contributed by atoms with Gasteiger partial charge in [0.1, 0.15) is 0 Å².